The summed E-state index contributed by atoms with van der Waals surface area (Å²) >= 11 is 0. The van der Waals surface area contributed by atoms with Crippen molar-refractivity contribution in [2.45, 2.75) is 32.0 Å². The summed E-state index contributed by atoms with van der Waals surface area (Å²) in [5.41, 5.74) is 2.97. The molecule has 0 bridgehead atoms. The van der Waals surface area contributed by atoms with E-state index >= 15 is 0 Å². The molecule has 1 N–H and O–H groups in total. The van der Waals surface area contributed by atoms with Gasteiger partial charge in [0.25, 0.3) is 5.91 Å². The van der Waals surface area contributed by atoms with E-state index in [0.29, 0.717) is 24.2 Å². The Morgan fingerprint density at radius 3 is 2.52 bits per heavy atom. The smallest absolute Gasteiger partial charge is 0.254 e. The topological polar surface area (TPSA) is 83.7 Å². The predicted molar refractivity (Wildman–Crippen MR) is 92.7 cm³/mol. The highest BCUT2D eigenvalue weighted by Crippen LogP contribution is 2.26. The van der Waals surface area contributed by atoms with Gasteiger partial charge in [0.1, 0.15) is 6.10 Å². The number of benzene rings is 2. The van der Waals surface area contributed by atoms with E-state index in [4.69, 9.17) is 0 Å². The number of aliphatic hydroxyl groups excluding tert-OH is 1. The van der Waals surface area contributed by atoms with Gasteiger partial charge in [0.2, 0.25) is 6.04 Å². The molecule has 2 aromatic rings. The van der Waals surface area contributed by atoms with Crippen LogP contribution in [0.1, 0.15) is 40.1 Å². The first kappa shape index (κ1) is 17.1. The van der Waals surface area contributed by atoms with E-state index in [0.717, 1.165) is 12.0 Å². The van der Waals surface area contributed by atoms with Crippen LogP contribution in [0, 0.1) is 10.1 Å². The molecule has 0 aromatic heterocycles. The SMILES string of the molecule is CC(C(O)c1ccccc1C(=O)N1CCc2ccccc2C1)[N+](=O)[O-]. The van der Waals surface area contributed by atoms with Gasteiger partial charge in [0.15, 0.2) is 0 Å². The molecule has 0 spiro atoms. The molecule has 0 saturated heterocycles. The Hall–Kier alpha value is -2.73. The molecule has 1 aliphatic heterocycles. The number of hydrogen-bond acceptors (Lipinski definition) is 4. The van der Waals surface area contributed by atoms with Crippen LogP contribution in [0.25, 0.3) is 0 Å². The molecule has 0 radical (unpaired) electrons. The molecule has 6 heteroatoms. The van der Waals surface area contributed by atoms with Crippen LogP contribution in [0.2, 0.25) is 0 Å². The van der Waals surface area contributed by atoms with Crippen LogP contribution in [0.15, 0.2) is 48.5 Å². The fourth-order valence-corrected chi connectivity index (χ4v) is 3.16. The van der Waals surface area contributed by atoms with Gasteiger partial charge in [0, 0.05) is 36.1 Å². The molecule has 25 heavy (non-hydrogen) atoms. The van der Waals surface area contributed by atoms with Crippen LogP contribution in [0.3, 0.4) is 0 Å². The second-order valence-electron chi connectivity index (χ2n) is 6.30. The second kappa shape index (κ2) is 7.03. The molecule has 0 saturated carbocycles. The number of aliphatic hydroxyl groups is 1. The molecule has 1 amide bonds. The summed E-state index contributed by atoms with van der Waals surface area (Å²) < 4.78 is 0. The number of fused-ring (bicyclic) bond motifs is 1. The fraction of sp³-hybridized carbons (Fsp3) is 0.316. The first-order valence-electron chi connectivity index (χ1n) is 8.25. The lowest BCUT2D eigenvalue weighted by Crippen LogP contribution is -2.37. The van der Waals surface area contributed by atoms with Crippen molar-refractivity contribution in [1.82, 2.24) is 4.90 Å². The third kappa shape index (κ3) is 3.39. The van der Waals surface area contributed by atoms with Gasteiger partial charge in [-0.2, -0.15) is 0 Å². The molecular weight excluding hydrogens is 320 g/mol. The van der Waals surface area contributed by atoms with Crippen molar-refractivity contribution in [2.24, 2.45) is 0 Å². The van der Waals surface area contributed by atoms with Gasteiger partial charge >= 0.3 is 0 Å². The Morgan fingerprint density at radius 2 is 1.80 bits per heavy atom. The fourth-order valence-electron chi connectivity index (χ4n) is 3.16. The van der Waals surface area contributed by atoms with Crippen molar-refractivity contribution in [1.29, 1.82) is 0 Å². The third-order valence-electron chi connectivity index (χ3n) is 4.72. The van der Waals surface area contributed by atoms with Crippen LogP contribution >= 0.6 is 0 Å². The van der Waals surface area contributed by atoms with Gasteiger partial charge in [-0.15, -0.1) is 0 Å². The maximum Gasteiger partial charge on any atom is 0.254 e. The van der Waals surface area contributed by atoms with Crippen molar-refractivity contribution in [3.8, 4) is 0 Å². The molecule has 3 rings (SSSR count). The first-order chi connectivity index (χ1) is 12.0. The number of nitro groups is 1. The van der Waals surface area contributed by atoms with Crippen LogP contribution < -0.4 is 0 Å². The number of amides is 1. The Balaban J connectivity index is 1.88. The van der Waals surface area contributed by atoms with Gasteiger partial charge in [-0.05, 0) is 23.6 Å². The zero-order valence-corrected chi connectivity index (χ0v) is 14.0. The van der Waals surface area contributed by atoms with Gasteiger partial charge in [0.05, 0.1) is 0 Å². The van der Waals surface area contributed by atoms with Crippen molar-refractivity contribution in [2.75, 3.05) is 6.54 Å². The number of carbonyl (C=O) groups excluding carboxylic acids is 1. The Labute approximate surface area is 145 Å². The van der Waals surface area contributed by atoms with Gasteiger partial charge in [-0.25, -0.2) is 0 Å². The summed E-state index contributed by atoms with van der Waals surface area (Å²) in [5.74, 6) is -0.209. The summed E-state index contributed by atoms with van der Waals surface area (Å²) in [6.07, 6.45) is -0.551. The predicted octanol–water partition coefficient (Wildman–Crippen LogP) is 2.58. The summed E-state index contributed by atoms with van der Waals surface area (Å²) in [6.45, 7) is 2.43. The number of carbonyl (C=O) groups is 1. The van der Waals surface area contributed by atoms with Gasteiger partial charge in [-0.1, -0.05) is 42.5 Å². The molecule has 2 aromatic carbocycles. The molecule has 0 fully saturated rings. The summed E-state index contributed by atoms with van der Waals surface area (Å²) in [4.78, 5) is 25.1. The van der Waals surface area contributed by atoms with Crippen LogP contribution in [0.5, 0.6) is 0 Å². The lowest BCUT2D eigenvalue weighted by Gasteiger charge is -2.30. The Kier molecular flexibility index (Phi) is 4.81. The van der Waals surface area contributed by atoms with Crippen LogP contribution in [0.4, 0.5) is 0 Å². The molecule has 6 nitrogen and oxygen atoms in total. The molecule has 130 valence electrons. The minimum Gasteiger partial charge on any atom is -0.381 e. The number of hydrogen-bond donors (Lipinski definition) is 1. The van der Waals surface area contributed by atoms with E-state index in [1.807, 2.05) is 18.2 Å². The zero-order chi connectivity index (χ0) is 18.0. The maximum absolute atomic E-state index is 13.0. The van der Waals surface area contributed by atoms with Gasteiger partial charge in [-0.3, -0.25) is 14.9 Å². The van der Waals surface area contributed by atoms with E-state index in [-0.39, 0.29) is 5.91 Å². The van der Waals surface area contributed by atoms with E-state index in [9.17, 15) is 20.0 Å². The van der Waals surface area contributed by atoms with Crippen LogP contribution in [-0.4, -0.2) is 33.4 Å². The molecule has 1 aliphatic rings. The normalized spacial score (nSPS) is 16.0. The van der Waals surface area contributed by atoms with E-state index < -0.39 is 17.1 Å². The van der Waals surface area contributed by atoms with Crippen molar-refractivity contribution < 1.29 is 14.8 Å². The van der Waals surface area contributed by atoms with Crippen LogP contribution in [-0.2, 0) is 13.0 Å². The molecular formula is C19H20N2O4. The lowest BCUT2D eigenvalue weighted by molar-refractivity contribution is -0.531. The summed E-state index contributed by atoms with van der Waals surface area (Å²) in [7, 11) is 0. The number of rotatable bonds is 4. The monoisotopic (exact) mass is 340 g/mol. The largest absolute Gasteiger partial charge is 0.381 e. The van der Waals surface area contributed by atoms with Gasteiger partial charge < -0.3 is 10.0 Å². The minimum absolute atomic E-state index is 0.209. The first-order valence-corrected chi connectivity index (χ1v) is 8.25. The maximum atomic E-state index is 13.0. The minimum atomic E-state index is -1.33. The standard InChI is InChI=1S/C19H20N2O4/c1-13(21(24)25)18(22)16-8-4-5-9-17(16)19(23)20-11-10-14-6-2-3-7-15(14)12-20/h2-9,13,18,22H,10-12H2,1H3. The van der Waals surface area contributed by atoms with Crippen molar-refractivity contribution in [3.63, 3.8) is 0 Å². The highest BCUT2D eigenvalue weighted by atomic mass is 16.6. The third-order valence-corrected chi connectivity index (χ3v) is 4.72. The molecule has 1 heterocycles. The highest BCUT2D eigenvalue weighted by molar-refractivity contribution is 5.96. The summed E-state index contributed by atoms with van der Waals surface area (Å²) in [5, 5.41) is 21.3. The zero-order valence-electron chi connectivity index (χ0n) is 14.0. The second-order valence-corrected chi connectivity index (χ2v) is 6.30. The molecule has 0 aliphatic carbocycles. The Morgan fingerprint density at radius 1 is 1.16 bits per heavy atom. The number of nitrogens with zero attached hydrogens (tertiary/aromatic N) is 2. The highest BCUT2D eigenvalue weighted by Gasteiger charge is 2.31. The van der Waals surface area contributed by atoms with Crippen molar-refractivity contribution in [3.05, 3.63) is 80.9 Å². The quantitative estimate of drug-likeness (QED) is 0.685. The molecule has 2 unspecified atom stereocenters. The Bertz CT molecular complexity index is 806. The van der Waals surface area contributed by atoms with E-state index in [2.05, 4.69) is 6.07 Å². The van der Waals surface area contributed by atoms with E-state index in [1.54, 1.807) is 29.2 Å². The summed E-state index contributed by atoms with van der Waals surface area (Å²) in [6, 6.07) is 13.4. The average Bonchev–Trinajstić information content (AvgIpc) is 2.65. The van der Waals surface area contributed by atoms with E-state index in [1.165, 1.54) is 12.5 Å². The lowest BCUT2D eigenvalue weighted by atomic mass is 9.95. The average molecular weight is 340 g/mol. The molecule has 2 atom stereocenters. The van der Waals surface area contributed by atoms with Crippen molar-refractivity contribution >= 4 is 5.91 Å².